The lowest BCUT2D eigenvalue weighted by atomic mass is 10.1. The van der Waals surface area contributed by atoms with Crippen molar-refractivity contribution in [1.29, 1.82) is 0 Å². The van der Waals surface area contributed by atoms with E-state index in [4.69, 9.17) is 0 Å². The SMILES string of the molecule is CC(C)(C)N1CCCN(c2ccc([N+](=O)[O-])cc2)CC1. The third-order valence-electron chi connectivity index (χ3n) is 3.87. The molecule has 1 heterocycles. The molecule has 1 fully saturated rings. The molecule has 0 atom stereocenters. The third-order valence-corrected chi connectivity index (χ3v) is 3.87. The van der Waals surface area contributed by atoms with Crippen molar-refractivity contribution < 1.29 is 4.92 Å². The zero-order valence-corrected chi connectivity index (χ0v) is 12.5. The first-order chi connectivity index (χ1) is 9.38. The van der Waals surface area contributed by atoms with Crippen LogP contribution in [0.2, 0.25) is 0 Å². The minimum absolute atomic E-state index is 0.153. The normalized spacial score (nSPS) is 17.9. The highest BCUT2D eigenvalue weighted by atomic mass is 16.6. The molecule has 1 aliphatic heterocycles. The van der Waals surface area contributed by atoms with Crippen molar-refractivity contribution in [2.75, 3.05) is 31.1 Å². The lowest BCUT2D eigenvalue weighted by Crippen LogP contribution is -2.43. The first kappa shape index (κ1) is 14.8. The van der Waals surface area contributed by atoms with Gasteiger partial charge in [-0.05, 0) is 39.3 Å². The molecule has 5 heteroatoms. The van der Waals surface area contributed by atoms with E-state index in [-0.39, 0.29) is 16.1 Å². The molecular formula is C15H23N3O2. The van der Waals surface area contributed by atoms with E-state index in [1.54, 1.807) is 12.1 Å². The van der Waals surface area contributed by atoms with Gasteiger partial charge < -0.3 is 4.90 Å². The van der Waals surface area contributed by atoms with Gasteiger partial charge in [0.1, 0.15) is 0 Å². The van der Waals surface area contributed by atoms with E-state index < -0.39 is 0 Å². The summed E-state index contributed by atoms with van der Waals surface area (Å²) >= 11 is 0. The van der Waals surface area contributed by atoms with Crippen LogP contribution in [0, 0.1) is 10.1 Å². The number of rotatable bonds is 2. The Morgan fingerprint density at radius 2 is 1.70 bits per heavy atom. The molecule has 20 heavy (non-hydrogen) atoms. The van der Waals surface area contributed by atoms with Crippen molar-refractivity contribution in [2.45, 2.75) is 32.7 Å². The number of anilines is 1. The molecule has 0 aromatic heterocycles. The maximum atomic E-state index is 10.7. The molecule has 1 aromatic carbocycles. The van der Waals surface area contributed by atoms with Gasteiger partial charge in [0.15, 0.2) is 0 Å². The van der Waals surface area contributed by atoms with Gasteiger partial charge in [-0.2, -0.15) is 0 Å². The van der Waals surface area contributed by atoms with E-state index in [0.717, 1.165) is 38.3 Å². The smallest absolute Gasteiger partial charge is 0.269 e. The highest BCUT2D eigenvalue weighted by molar-refractivity contribution is 5.51. The third kappa shape index (κ3) is 3.48. The molecule has 0 spiro atoms. The summed E-state index contributed by atoms with van der Waals surface area (Å²) in [6, 6.07) is 6.87. The Balaban J connectivity index is 2.05. The number of hydrogen-bond acceptors (Lipinski definition) is 4. The minimum atomic E-state index is -0.354. The summed E-state index contributed by atoms with van der Waals surface area (Å²) in [5.74, 6) is 0. The van der Waals surface area contributed by atoms with Gasteiger partial charge in [0.2, 0.25) is 0 Å². The lowest BCUT2D eigenvalue weighted by molar-refractivity contribution is -0.384. The van der Waals surface area contributed by atoms with Crippen molar-refractivity contribution in [2.24, 2.45) is 0 Å². The lowest BCUT2D eigenvalue weighted by Gasteiger charge is -2.34. The summed E-state index contributed by atoms with van der Waals surface area (Å²) in [7, 11) is 0. The number of nitro groups is 1. The Kier molecular flexibility index (Phi) is 4.28. The first-order valence-electron chi connectivity index (χ1n) is 7.12. The summed E-state index contributed by atoms with van der Waals surface area (Å²) in [4.78, 5) is 15.1. The molecular weight excluding hydrogens is 254 g/mol. The van der Waals surface area contributed by atoms with Crippen LogP contribution in [-0.2, 0) is 0 Å². The molecule has 0 bridgehead atoms. The van der Waals surface area contributed by atoms with E-state index in [2.05, 4.69) is 30.6 Å². The molecule has 1 aliphatic rings. The Hall–Kier alpha value is -1.62. The largest absolute Gasteiger partial charge is 0.370 e. The number of nitro benzene ring substituents is 1. The van der Waals surface area contributed by atoms with Crippen LogP contribution >= 0.6 is 0 Å². The highest BCUT2D eigenvalue weighted by Crippen LogP contribution is 2.22. The molecule has 5 nitrogen and oxygen atoms in total. The van der Waals surface area contributed by atoms with Crippen LogP contribution in [-0.4, -0.2) is 41.5 Å². The summed E-state index contributed by atoms with van der Waals surface area (Å²) in [5.41, 5.74) is 1.43. The summed E-state index contributed by atoms with van der Waals surface area (Å²) < 4.78 is 0. The van der Waals surface area contributed by atoms with Gasteiger partial charge in [0.25, 0.3) is 5.69 Å². The van der Waals surface area contributed by atoms with Crippen LogP contribution in [0.15, 0.2) is 24.3 Å². The van der Waals surface area contributed by atoms with Crippen LogP contribution < -0.4 is 4.90 Å². The predicted octanol–water partition coefficient (Wildman–Crippen LogP) is 2.91. The zero-order chi connectivity index (χ0) is 14.8. The molecule has 0 saturated carbocycles. The number of non-ortho nitro benzene ring substituents is 1. The van der Waals surface area contributed by atoms with E-state index in [9.17, 15) is 10.1 Å². The Bertz CT molecular complexity index is 465. The fraction of sp³-hybridized carbons (Fsp3) is 0.600. The van der Waals surface area contributed by atoms with Crippen LogP contribution in [0.4, 0.5) is 11.4 Å². The van der Waals surface area contributed by atoms with Crippen molar-refractivity contribution in [3.63, 3.8) is 0 Å². The fourth-order valence-electron chi connectivity index (χ4n) is 2.63. The van der Waals surface area contributed by atoms with Crippen LogP contribution in [0.1, 0.15) is 27.2 Å². The van der Waals surface area contributed by atoms with Gasteiger partial charge >= 0.3 is 0 Å². The molecule has 1 aromatic rings. The molecule has 2 rings (SSSR count). The Morgan fingerprint density at radius 1 is 1.05 bits per heavy atom. The summed E-state index contributed by atoms with van der Waals surface area (Å²) in [6.45, 7) is 10.8. The van der Waals surface area contributed by atoms with Crippen molar-refractivity contribution >= 4 is 11.4 Å². The van der Waals surface area contributed by atoms with Gasteiger partial charge in [-0.3, -0.25) is 15.0 Å². The Morgan fingerprint density at radius 3 is 2.25 bits per heavy atom. The van der Waals surface area contributed by atoms with E-state index in [0.29, 0.717) is 0 Å². The standard InChI is InChI=1S/C15H23N3O2/c1-15(2,3)17-10-4-9-16(11-12-17)13-5-7-14(8-6-13)18(19)20/h5-8H,4,9-12H2,1-3H3. The number of nitrogens with zero attached hydrogens (tertiary/aromatic N) is 3. The summed E-state index contributed by atoms with van der Waals surface area (Å²) in [5, 5.41) is 10.7. The van der Waals surface area contributed by atoms with Gasteiger partial charge in [-0.15, -0.1) is 0 Å². The molecule has 0 aliphatic carbocycles. The minimum Gasteiger partial charge on any atom is -0.370 e. The Labute approximate surface area is 120 Å². The van der Waals surface area contributed by atoms with Crippen molar-refractivity contribution in [1.82, 2.24) is 4.90 Å². The molecule has 0 amide bonds. The van der Waals surface area contributed by atoms with Crippen molar-refractivity contribution in [3.8, 4) is 0 Å². The average molecular weight is 277 g/mol. The quantitative estimate of drug-likeness (QED) is 0.616. The fourth-order valence-corrected chi connectivity index (χ4v) is 2.63. The van der Waals surface area contributed by atoms with Crippen LogP contribution in [0.3, 0.4) is 0 Å². The molecule has 0 radical (unpaired) electrons. The van der Waals surface area contributed by atoms with Crippen molar-refractivity contribution in [3.05, 3.63) is 34.4 Å². The maximum Gasteiger partial charge on any atom is 0.269 e. The first-order valence-corrected chi connectivity index (χ1v) is 7.12. The van der Waals surface area contributed by atoms with E-state index in [1.165, 1.54) is 0 Å². The average Bonchev–Trinajstić information content (AvgIpc) is 2.64. The predicted molar refractivity (Wildman–Crippen MR) is 81.3 cm³/mol. The monoisotopic (exact) mass is 277 g/mol. The highest BCUT2D eigenvalue weighted by Gasteiger charge is 2.24. The molecule has 0 N–H and O–H groups in total. The van der Waals surface area contributed by atoms with Gasteiger partial charge in [-0.1, -0.05) is 0 Å². The second-order valence-corrected chi connectivity index (χ2v) is 6.27. The van der Waals surface area contributed by atoms with E-state index in [1.807, 2.05) is 12.1 Å². The van der Waals surface area contributed by atoms with Gasteiger partial charge in [-0.25, -0.2) is 0 Å². The molecule has 0 unspecified atom stereocenters. The molecule has 110 valence electrons. The van der Waals surface area contributed by atoms with Gasteiger partial charge in [0, 0.05) is 49.5 Å². The summed E-state index contributed by atoms with van der Waals surface area (Å²) in [6.07, 6.45) is 1.12. The maximum absolute atomic E-state index is 10.7. The van der Waals surface area contributed by atoms with Crippen LogP contribution in [0.5, 0.6) is 0 Å². The second-order valence-electron chi connectivity index (χ2n) is 6.27. The topological polar surface area (TPSA) is 49.6 Å². The zero-order valence-electron chi connectivity index (χ0n) is 12.5. The molecule has 1 saturated heterocycles. The number of hydrogen-bond donors (Lipinski definition) is 0. The van der Waals surface area contributed by atoms with E-state index >= 15 is 0 Å². The second kappa shape index (κ2) is 5.79. The van der Waals surface area contributed by atoms with Gasteiger partial charge in [0.05, 0.1) is 4.92 Å². The number of benzene rings is 1. The van der Waals surface area contributed by atoms with Crippen LogP contribution in [0.25, 0.3) is 0 Å².